The Morgan fingerprint density at radius 1 is 1.32 bits per heavy atom. The lowest BCUT2D eigenvalue weighted by molar-refractivity contribution is -0.139. The molecular weight excluding hydrogens is 316 g/mol. The number of nitrogens with zero attached hydrogens (tertiary/aromatic N) is 1. The summed E-state index contributed by atoms with van der Waals surface area (Å²) >= 11 is 0. The minimum atomic E-state index is -0.124. The molecule has 1 heterocycles. The van der Waals surface area contributed by atoms with Gasteiger partial charge in [-0.05, 0) is 32.3 Å². The van der Waals surface area contributed by atoms with Crippen molar-refractivity contribution in [2.24, 2.45) is 11.8 Å². The van der Waals surface area contributed by atoms with Gasteiger partial charge in [-0.25, -0.2) is 0 Å². The van der Waals surface area contributed by atoms with Crippen molar-refractivity contribution in [3.05, 3.63) is 29.8 Å². The summed E-state index contributed by atoms with van der Waals surface area (Å²) in [5, 5.41) is 3.01. The van der Waals surface area contributed by atoms with Crippen molar-refractivity contribution in [2.75, 3.05) is 19.7 Å². The number of piperidine rings is 1. The number of hydrogen-bond acceptors (Lipinski definition) is 3. The summed E-state index contributed by atoms with van der Waals surface area (Å²) in [6.45, 7) is 8.26. The Balaban J connectivity index is 1.91. The van der Waals surface area contributed by atoms with Crippen LogP contribution in [0.3, 0.4) is 0 Å². The molecule has 25 heavy (non-hydrogen) atoms. The lowest BCUT2D eigenvalue weighted by Crippen LogP contribution is -2.46. The number of carbonyl (C=O) groups excluding carboxylic acids is 2. The molecule has 0 unspecified atom stereocenters. The Kier molecular flexibility index (Phi) is 7.29. The molecular formula is C20H30N2O3. The SMILES string of the molecule is CCOc1ccccc1CNC(=O)[C@@H]1CCCN(C(=O)[C@H](C)CC)C1. The smallest absolute Gasteiger partial charge is 0.225 e. The molecule has 0 radical (unpaired) electrons. The summed E-state index contributed by atoms with van der Waals surface area (Å²) in [6.07, 6.45) is 2.55. The molecule has 0 spiro atoms. The fourth-order valence-electron chi connectivity index (χ4n) is 3.15. The number of nitrogens with one attached hydrogen (secondary N) is 1. The molecule has 5 nitrogen and oxygen atoms in total. The van der Waals surface area contributed by atoms with E-state index in [9.17, 15) is 9.59 Å². The van der Waals surface area contributed by atoms with Crippen LogP contribution in [-0.4, -0.2) is 36.4 Å². The van der Waals surface area contributed by atoms with E-state index in [1.165, 1.54) is 0 Å². The van der Waals surface area contributed by atoms with Crippen LogP contribution >= 0.6 is 0 Å². The summed E-state index contributed by atoms with van der Waals surface area (Å²) in [7, 11) is 0. The predicted octanol–water partition coefficient (Wildman–Crippen LogP) is 2.99. The largest absolute Gasteiger partial charge is 0.494 e. The van der Waals surface area contributed by atoms with E-state index in [0.717, 1.165) is 37.1 Å². The number of amides is 2. The van der Waals surface area contributed by atoms with Gasteiger partial charge in [0, 0.05) is 31.1 Å². The number of carbonyl (C=O) groups is 2. The van der Waals surface area contributed by atoms with Crippen molar-refractivity contribution < 1.29 is 14.3 Å². The molecule has 138 valence electrons. The van der Waals surface area contributed by atoms with Crippen LogP contribution < -0.4 is 10.1 Å². The monoisotopic (exact) mass is 346 g/mol. The topological polar surface area (TPSA) is 58.6 Å². The Hall–Kier alpha value is -2.04. The number of hydrogen-bond donors (Lipinski definition) is 1. The van der Waals surface area contributed by atoms with Crippen LogP contribution in [0.5, 0.6) is 5.75 Å². The molecule has 0 aromatic heterocycles. The average molecular weight is 346 g/mol. The lowest BCUT2D eigenvalue weighted by atomic mass is 9.95. The van der Waals surface area contributed by atoms with Crippen molar-refractivity contribution in [3.8, 4) is 5.75 Å². The molecule has 1 aromatic carbocycles. The van der Waals surface area contributed by atoms with Gasteiger partial charge in [0.2, 0.25) is 11.8 Å². The molecule has 1 aliphatic heterocycles. The van der Waals surface area contributed by atoms with Crippen LogP contribution in [0.1, 0.15) is 45.6 Å². The molecule has 5 heteroatoms. The lowest BCUT2D eigenvalue weighted by Gasteiger charge is -2.33. The first-order valence-electron chi connectivity index (χ1n) is 9.34. The van der Waals surface area contributed by atoms with Crippen LogP contribution in [-0.2, 0) is 16.1 Å². The summed E-state index contributed by atoms with van der Waals surface area (Å²) < 4.78 is 5.60. The van der Waals surface area contributed by atoms with E-state index in [1.54, 1.807) is 0 Å². The normalized spacial score (nSPS) is 18.5. The maximum atomic E-state index is 12.6. The van der Waals surface area contributed by atoms with Crippen LogP contribution in [0.4, 0.5) is 0 Å². The molecule has 2 amide bonds. The second-order valence-corrected chi connectivity index (χ2v) is 6.69. The molecule has 1 aliphatic rings. The van der Waals surface area contributed by atoms with Crippen LogP contribution in [0.25, 0.3) is 0 Å². The van der Waals surface area contributed by atoms with E-state index < -0.39 is 0 Å². The summed E-state index contributed by atoms with van der Waals surface area (Å²) in [4.78, 5) is 26.8. The van der Waals surface area contributed by atoms with Gasteiger partial charge in [0.1, 0.15) is 5.75 Å². The van der Waals surface area contributed by atoms with E-state index in [-0.39, 0.29) is 23.7 Å². The fourth-order valence-corrected chi connectivity index (χ4v) is 3.15. The first-order chi connectivity index (χ1) is 12.1. The highest BCUT2D eigenvalue weighted by Crippen LogP contribution is 2.21. The predicted molar refractivity (Wildman–Crippen MR) is 98.2 cm³/mol. The number of para-hydroxylation sites is 1. The van der Waals surface area contributed by atoms with Crippen LogP contribution in [0.2, 0.25) is 0 Å². The zero-order valence-corrected chi connectivity index (χ0v) is 15.6. The van der Waals surface area contributed by atoms with Crippen LogP contribution in [0, 0.1) is 11.8 Å². The number of rotatable bonds is 7. The highest BCUT2D eigenvalue weighted by Gasteiger charge is 2.29. The second-order valence-electron chi connectivity index (χ2n) is 6.69. The molecule has 0 aliphatic carbocycles. The fraction of sp³-hybridized carbons (Fsp3) is 0.600. The van der Waals surface area contributed by atoms with Gasteiger partial charge in [-0.15, -0.1) is 0 Å². The number of benzene rings is 1. The summed E-state index contributed by atoms with van der Waals surface area (Å²) in [5.74, 6) is 0.901. The van der Waals surface area contributed by atoms with E-state index in [2.05, 4.69) is 5.32 Å². The molecule has 1 aromatic rings. The first kappa shape index (κ1) is 19.3. The third-order valence-corrected chi connectivity index (χ3v) is 4.86. The Morgan fingerprint density at radius 3 is 2.80 bits per heavy atom. The Labute approximate surface area is 150 Å². The Morgan fingerprint density at radius 2 is 2.08 bits per heavy atom. The minimum absolute atomic E-state index is 0.0213. The van der Waals surface area contributed by atoms with Crippen molar-refractivity contribution >= 4 is 11.8 Å². The molecule has 1 N–H and O–H groups in total. The molecule has 0 bridgehead atoms. The molecule has 2 rings (SSSR count). The summed E-state index contributed by atoms with van der Waals surface area (Å²) in [6, 6.07) is 7.75. The highest BCUT2D eigenvalue weighted by molar-refractivity contribution is 5.82. The number of likely N-dealkylation sites (tertiary alicyclic amines) is 1. The molecule has 0 saturated carbocycles. The molecule has 1 fully saturated rings. The van der Waals surface area contributed by atoms with Crippen molar-refractivity contribution in [1.82, 2.24) is 10.2 Å². The van der Waals surface area contributed by atoms with Gasteiger partial charge in [0.05, 0.1) is 12.5 Å². The van der Waals surface area contributed by atoms with Gasteiger partial charge >= 0.3 is 0 Å². The number of ether oxygens (including phenoxy) is 1. The van der Waals surface area contributed by atoms with E-state index >= 15 is 0 Å². The Bertz CT molecular complexity index is 588. The quantitative estimate of drug-likeness (QED) is 0.826. The van der Waals surface area contributed by atoms with Crippen LogP contribution in [0.15, 0.2) is 24.3 Å². The first-order valence-corrected chi connectivity index (χ1v) is 9.34. The standard InChI is InChI=1S/C20H30N2O3/c1-4-15(3)20(24)22-12-8-10-17(14-22)19(23)21-13-16-9-6-7-11-18(16)25-5-2/h6-7,9,11,15,17H,4-5,8,10,12-14H2,1-3H3,(H,21,23)/t15-,17-/m1/s1. The van der Waals surface area contributed by atoms with Gasteiger partial charge in [-0.2, -0.15) is 0 Å². The van der Waals surface area contributed by atoms with Gasteiger partial charge < -0.3 is 15.0 Å². The zero-order valence-electron chi connectivity index (χ0n) is 15.6. The average Bonchev–Trinajstić information content (AvgIpc) is 2.66. The molecule has 2 atom stereocenters. The maximum Gasteiger partial charge on any atom is 0.225 e. The van der Waals surface area contributed by atoms with E-state index in [4.69, 9.17) is 4.74 Å². The highest BCUT2D eigenvalue weighted by atomic mass is 16.5. The van der Waals surface area contributed by atoms with E-state index in [0.29, 0.717) is 19.7 Å². The second kappa shape index (κ2) is 9.44. The summed E-state index contributed by atoms with van der Waals surface area (Å²) in [5.41, 5.74) is 0.973. The minimum Gasteiger partial charge on any atom is -0.494 e. The molecule has 1 saturated heterocycles. The van der Waals surface area contributed by atoms with Crippen molar-refractivity contribution in [1.29, 1.82) is 0 Å². The van der Waals surface area contributed by atoms with Gasteiger partial charge in [-0.3, -0.25) is 9.59 Å². The van der Waals surface area contributed by atoms with Crippen molar-refractivity contribution in [2.45, 2.75) is 46.6 Å². The van der Waals surface area contributed by atoms with Gasteiger partial charge in [-0.1, -0.05) is 32.0 Å². The van der Waals surface area contributed by atoms with Gasteiger partial charge in [0.25, 0.3) is 0 Å². The maximum absolute atomic E-state index is 12.6. The van der Waals surface area contributed by atoms with Crippen molar-refractivity contribution in [3.63, 3.8) is 0 Å². The third kappa shape index (κ3) is 5.21. The third-order valence-electron chi connectivity index (χ3n) is 4.86. The van der Waals surface area contributed by atoms with E-state index in [1.807, 2.05) is 49.9 Å². The zero-order chi connectivity index (χ0) is 18.2. The van der Waals surface area contributed by atoms with Gasteiger partial charge in [0.15, 0.2) is 0 Å².